The number of anilines is 1. The van der Waals surface area contributed by atoms with Gasteiger partial charge in [-0.1, -0.05) is 0 Å². The van der Waals surface area contributed by atoms with Crippen LogP contribution in [0.15, 0.2) is 18.2 Å². The molecule has 0 unspecified atom stereocenters. The molecule has 0 spiro atoms. The quantitative estimate of drug-likeness (QED) is 0.521. The third-order valence-electron chi connectivity index (χ3n) is 3.06. The van der Waals surface area contributed by atoms with Crippen LogP contribution in [0.4, 0.5) is 5.69 Å². The van der Waals surface area contributed by atoms with Gasteiger partial charge in [0, 0.05) is 18.7 Å². The molecule has 1 aromatic rings. The first-order chi connectivity index (χ1) is 9.94. The average Bonchev–Trinajstić information content (AvgIpc) is 2.48. The zero-order chi connectivity index (χ0) is 15.5. The number of nitrogens with zero attached hydrogens (tertiary/aromatic N) is 1. The van der Waals surface area contributed by atoms with Crippen molar-refractivity contribution in [3.05, 3.63) is 23.8 Å². The van der Waals surface area contributed by atoms with Gasteiger partial charge in [-0.2, -0.15) is 12.7 Å². The van der Waals surface area contributed by atoms with E-state index in [2.05, 4.69) is 4.72 Å². The summed E-state index contributed by atoms with van der Waals surface area (Å²) in [6.45, 7) is 1.37. The van der Waals surface area contributed by atoms with Gasteiger partial charge in [0.1, 0.15) is 11.6 Å². The van der Waals surface area contributed by atoms with Crippen molar-refractivity contribution in [3.8, 4) is 5.75 Å². The number of nitrogens with one attached hydrogen (secondary N) is 2. The predicted molar refractivity (Wildman–Crippen MR) is 78.9 cm³/mol. The van der Waals surface area contributed by atoms with E-state index in [-0.39, 0.29) is 5.84 Å². The van der Waals surface area contributed by atoms with E-state index < -0.39 is 10.2 Å². The van der Waals surface area contributed by atoms with Crippen LogP contribution in [0.5, 0.6) is 5.75 Å². The van der Waals surface area contributed by atoms with Gasteiger partial charge in [-0.25, -0.2) is 0 Å². The van der Waals surface area contributed by atoms with Crippen LogP contribution in [-0.2, 0) is 14.9 Å². The summed E-state index contributed by atoms with van der Waals surface area (Å²) in [5, 5.41) is 7.38. The highest BCUT2D eigenvalue weighted by molar-refractivity contribution is 7.90. The summed E-state index contributed by atoms with van der Waals surface area (Å²) in [5.41, 5.74) is 6.16. The fourth-order valence-corrected chi connectivity index (χ4v) is 3.14. The van der Waals surface area contributed by atoms with Crippen molar-refractivity contribution in [3.63, 3.8) is 0 Å². The van der Waals surface area contributed by atoms with Crippen molar-refractivity contribution in [1.82, 2.24) is 4.31 Å². The maximum Gasteiger partial charge on any atom is 0.301 e. The number of hydrogen-bond acceptors (Lipinski definition) is 5. The maximum absolute atomic E-state index is 12.3. The summed E-state index contributed by atoms with van der Waals surface area (Å²) in [5.74, 6) is 0.190. The number of ether oxygens (including phenoxy) is 2. The molecular formula is C12H18N4O4S. The van der Waals surface area contributed by atoms with Gasteiger partial charge in [-0.3, -0.25) is 10.1 Å². The third kappa shape index (κ3) is 3.63. The van der Waals surface area contributed by atoms with Crippen molar-refractivity contribution in [1.29, 1.82) is 5.41 Å². The Morgan fingerprint density at radius 2 is 2.10 bits per heavy atom. The molecule has 9 heteroatoms. The van der Waals surface area contributed by atoms with E-state index in [1.54, 1.807) is 6.07 Å². The number of benzene rings is 1. The Morgan fingerprint density at radius 1 is 1.43 bits per heavy atom. The minimum atomic E-state index is -3.66. The lowest BCUT2D eigenvalue weighted by Gasteiger charge is -2.26. The van der Waals surface area contributed by atoms with E-state index in [0.29, 0.717) is 43.3 Å². The number of amidine groups is 1. The Labute approximate surface area is 123 Å². The van der Waals surface area contributed by atoms with E-state index >= 15 is 0 Å². The molecule has 1 aliphatic heterocycles. The molecule has 1 heterocycles. The average molecular weight is 314 g/mol. The van der Waals surface area contributed by atoms with Gasteiger partial charge in [-0.15, -0.1) is 0 Å². The Balaban J connectivity index is 2.23. The third-order valence-corrected chi connectivity index (χ3v) is 4.58. The Kier molecular flexibility index (Phi) is 4.66. The van der Waals surface area contributed by atoms with Gasteiger partial charge >= 0.3 is 10.2 Å². The molecule has 0 atom stereocenters. The molecule has 4 N–H and O–H groups in total. The van der Waals surface area contributed by atoms with Crippen LogP contribution in [0, 0.1) is 5.41 Å². The summed E-state index contributed by atoms with van der Waals surface area (Å²) in [6, 6.07) is 4.59. The molecule has 1 fully saturated rings. The molecule has 1 aromatic carbocycles. The number of hydrogen-bond donors (Lipinski definition) is 3. The molecule has 0 radical (unpaired) electrons. The molecule has 8 nitrogen and oxygen atoms in total. The van der Waals surface area contributed by atoms with Gasteiger partial charge in [0.05, 0.1) is 26.0 Å². The minimum Gasteiger partial charge on any atom is -0.495 e. The van der Waals surface area contributed by atoms with Crippen LogP contribution in [0.3, 0.4) is 0 Å². The van der Waals surface area contributed by atoms with Gasteiger partial charge in [0.25, 0.3) is 0 Å². The topological polar surface area (TPSA) is 118 Å². The van der Waals surface area contributed by atoms with E-state index in [1.807, 2.05) is 0 Å². The highest BCUT2D eigenvalue weighted by Crippen LogP contribution is 2.27. The normalized spacial score (nSPS) is 16.4. The van der Waals surface area contributed by atoms with E-state index in [0.717, 1.165) is 0 Å². The molecular weight excluding hydrogens is 296 g/mol. The fourth-order valence-electron chi connectivity index (χ4n) is 1.93. The molecule has 116 valence electrons. The van der Waals surface area contributed by atoms with E-state index in [9.17, 15) is 8.42 Å². The number of rotatable bonds is 5. The van der Waals surface area contributed by atoms with Gasteiger partial charge < -0.3 is 15.2 Å². The van der Waals surface area contributed by atoms with Crippen LogP contribution in [0.25, 0.3) is 0 Å². The molecule has 0 aliphatic carbocycles. The van der Waals surface area contributed by atoms with Crippen molar-refractivity contribution >= 4 is 21.7 Å². The summed E-state index contributed by atoms with van der Waals surface area (Å²) in [7, 11) is -2.24. The van der Waals surface area contributed by atoms with Crippen molar-refractivity contribution in [2.45, 2.75) is 0 Å². The van der Waals surface area contributed by atoms with E-state index in [1.165, 1.54) is 23.5 Å². The second kappa shape index (κ2) is 6.29. The van der Waals surface area contributed by atoms with Crippen LogP contribution < -0.4 is 15.2 Å². The minimum absolute atomic E-state index is 0.115. The fraction of sp³-hybridized carbons (Fsp3) is 0.417. The molecule has 2 rings (SSSR count). The van der Waals surface area contributed by atoms with Crippen molar-refractivity contribution in [2.24, 2.45) is 5.73 Å². The zero-order valence-corrected chi connectivity index (χ0v) is 12.4. The van der Waals surface area contributed by atoms with Crippen LogP contribution >= 0.6 is 0 Å². The summed E-state index contributed by atoms with van der Waals surface area (Å²) < 4.78 is 38.6. The summed E-state index contributed by atoms with van der Waals surface area (Å²) in [6.07, 6.45) is 0. The number of morpholine rings is 1. The maximum atomic E-state index is 12.3. The first kappa shape index (κ1) is 15.5. The highest BCUT2D eigenvalue weighted by atomic mass is 32.2. The number of nitrogens with two attached hydrogens (primary N) is 1. The standard InChI is InChI=1S/C12H18N4O4S/c1-19-11-8-9(12(13)14)2-3-10(11)15-21(17,18)16-4-6-20-7-5-16/h2-3,8,15H,4-7H2,1H3,(H3,13,14). The van der Waals surface area contributed by atoms with Gasteiger partial charge in [-0.05, 0) is 18.2 Å². The SMILES string of the molecule is COc1cc(C(=N)N)ccc1NS(=O)(=O)N1CCOCC1. The second-order valence-corrected chi connectivity index (χ2v) is 6.12. The lowest BCUT2D eigenvalue weighted by Crippen LogP contribution is -2.43. The molecule has 0 aromatic heterocycles. The monoisotopic (exact) mass is 314 g/mol. The van der Waals surface area contributed by atoms with Crippen molar-refractivity contribution < 1.29 is 17.9 Å². The lowest BCUT2D eigenvalue weighted by molar-refractivity contribution is 0.0733. The molecule has 1 aliphatic rings. The smallest absolute Gasteiger partial charge is 0.301 e. The van der Waals surface area contributed by atoms with Crippen LogP contribution in [-0.4, -0.2) is 52.0 Å². The Hall–Kier alpha value is -1.84. The molecule has 1 saturated heterocycles. The lowest BCUT2D eigenvalue weighted by atomic mass is 10.2. The van der Waals surface area contributed by atoms with Crippen molar-refractivity contribution in [2.75, 3.05) is 38.1 Å². The Bertz CT molecular complexity index is 626. The predicted octanol–water partition coefficient (Wildman–Crippen LogP) is -0.0318. The zero-order valence-electron chi connectivity index (χ0n) is 11.6. The molecule has 0 saturated carbocycles. The largest absolute Gasteiger partial charge is 0.495 e. The van der Waals surface area contributed by atoms with Gasteiger partial charge in [0.2, 0.25) is 0 Å². The Morgan fingerprint density at radius 3 is 2.67 bits per heavy atom. The molecule has 0 amide bonds. The number of nitrogen functional groups attached to an aromatic ring is 1. The van der Waals surface area contributed by atoms with Gasteiger partial charge in [0.15, 0.2) is 0 Å². The first-order valence-corrected chi connectivity index (χ1v) is 7.76. The van der Waals surface area contributed by atoms with Crippen LogP contribution in [0.2, 0.25) is 0 Å². The van der Waals surface area contributed by atoms with E-state index in [4.69, 9.17) is 20.6 Å². The summed E-state index contributed by atoms with van der Waals surface area (Å²) in [4.78, 5) is 0. The molecule has 21 heavy (non-hydrogen) atoms. The summed E-state index contributed by atoms with van der Waals surface area (Å²) >= 11 is 0. The number of methoxy groups -OCH3 is 1. The highest BCUT2D eigenvalue weighted by Gasteiger charge is 2.25. The van der Waals surface area contributed by atoms with Crippen LogP contribution in [0.1, 0.15) is 5.56 Å². The second-order valence-electron chi connectivity index (χ2n) is 4.45. The molecule has 0 bridgehead atoms. The first-order valence-electron chi connectivity index (χ1n) is 6.32.